The standard InChI is InChI=1S/C26H26N4O4S2/c1-18-8-11-21(12-9-18)36(32,33)30-15-5-7-23(30)25(31)29(17-19-6-3-4-14-27-19)26-28-22-16-20(34-2)10-13-24(22)35-26/h3-4,6,8-14,16,23H,5,7,15,17H2,1-2H3. The van der Waals surface area contributed by atoms with Gasteiger partial charge in [-0.3, -0.25) is 14.7 Å². The van der Waals surface area contributed by atoms with Gasteiger partial charge in [0.15, 0.2) is 5.13 Å². The van der Waals surface area contributed by atoms with Crippen LogP contribution in [-0.4, -0.2) is 48.3 Å². The number of rotatable bonds is 7. The number of methoxy groups -OCH3 is 1. The lowest BCUT2D eigenvalue weighted by molar-refractivity contribution is -0.121. The van der Waals surface area contributed by atoms with Gasteiger partial charge in [-0.15, -0.1) is 0 Å². The summed E-state index contributed by atoms with van der Waals surface area (Å²) in [5.41, 5.74) is 2.37. The number of carbonyl (C=O) groups is 1. The van der Waals surface area contributed by atoms with E-state index in [1.807, 2.05) is 43.3 Å². The third kappa shape index (κ3) is 4.71. The molecule has 0 saturated carbocycles. The molecule has 1 saturated heterocycles. The SMILES string of the molecule is COc1ccc2sc(N(Cc3ccccn3)C(=O)C3CCCN3S(=O)(=O)c3ccc(C)cc3)nc2c1. The fraction of sp³-hybridized carbons (Fsp3) is 0.269. The van der Waals surface area contributed by atoms with Gasteiger partial charge >= 0.3 is 0 Å². The zero-order valence-electron chi connectivity index (χ0n) is 20.0. The highest BCUT2D eigenvalue weighted by Gasteiger charge is 2.42. The molecule has 3 heterocycles. The lowest BCUT2D eigenvalue weighted by atomic mass is 10.2. The molecule has 0 aliphatic carbocycles. The van der Waals surface area contributed by atoms with Crippen LogP contribution in [0, 0.1) is 6.92 Å². The molecule has 4 aromatic rings. The third-order valence-corrected chi connectivity index (χ3v) is 9.22. The Bertz CT molecular complexity index is 1490. The van der Waals surface area contributed by atoms with Crippen LogP contribution in [0.2, 0.25) is 0 Å². The Morgan fingerprint density at radius 1 is 1.17 bits per heavy atom. The molecule has 5 rings (SSSR count). The first-order chi connectivity index (χ1) is 17.4. The van der Waals surface area contributed by atoms with Gasteiger partial charge in [-0.25, -0.2) is 13.4 Å². The number of pyridine rings is 1. The summed E-state index contributed by atoms with van der Waals surface area (Å²) in [5.74, 6) is 0.368. The number of sulfonamides is 1. The van der Waals surface area contributed by atoms with Crippen LogP contribution in [-0.2, 0) is 21.4 Å². The number of ether oxygens (including phenoxy) is 1. The van der Waals surface area contributed by atoms with E-state index in [-0.39, 0.29) is 17.3 Å². The topological polar surface area (TPSA) is 92.7 Å². The van der Waals surface area contributed by atoms with E-state index in [0.717, 1.165) is 10.3 Å². The number of benzene rings is 2. The highest BCUT2D eigenvalue weighted by atomic mass is 32.2. The second-order valence-corrected chi connectivity index (χ2v) is 11.6. The van der Waals surface area contributed by atoms with Crippen molar-refractivity contribution in [2.45, 2.75) is 37.2 Å². The van der Waals surface area contributed by atoms with Crippen molar-refractivity contribution in [2.24, 2.45) is 0 Å². The number of nitrogens with zero attached hydrogens (tertiary/aromatic N) is 4. The van der Waals surface area contributed by atoms with Gasteiger partial charge in [-0.05, 0) is 56.2 Å². The number of fused-ring (bicyclic) bond motifs is 1. The largest absolute Gasteiger partial charge is 0.497 e. The Morgan fingerprint density at radius 3 is 2.69 bits per heavy atom. The molecule has 8 nitrogen and oxygen atoms in total. The van der Waals surface area contributed by atoms with Crippen molar-refractivity contribution in [3.8, 4) is 5.75 Å². The molecule has 1 fully saturated rings. The molecular formula is C26H26N4O4S2. The van der Waals surface area contributed by atoms with Crippen molar-refractivity contribution in [3.05, 3.63) is 78.1 Å². The van der Waals surface area contributed by atoms with Crippen LogP contribution in [0.4, 0.5) is 5.13 Å². The van der Waals surface area contributed by atoms with E-state index in [9.17, 15) is 13.2 Å². The Balaban J connectivity index is 1.52. The van der Waals surface area contributed by atoms with E-state index >= 15 is 0 Å². The van der Waals surface area contributed by atoms with E-state index in [2.05, 4.69) is 4.98 Å². The lowest BCUT2D eigenvalue weighted by Gasteiger charge is -2.28. The van der Waals surface area contributed by atoms with Gasteiger partial charge in [0.25, 0.3) is 0 Å². The molecular weight excluding hydrogens is 496 g/mol. The van der Waals surface area contributed by atoms with E-state index in [1.165, 1.54) is 15.6 Å². The second kappa shape index (κ2) is 9.96. The van der Waals surface area contributed by atoms with Gasteiger partial charge in [0, 0.05) is 18.8 Å². The van der Waals surface area contributed by atoms with Crippen LogP contribution < -0.4 is 9.64 Å². The number of aromatic nitrogens is 2. The molecule has 1 unspecified atom stereocenters. The smallest absolute Gasteiger partial charge is 0.247 e. The van der Waals surface area contributed by atoms with Crippen LogP contribution in [0.3, 0.4) is 0 Å². The minimum Gasteiger partial charge on any atom is -0.497 e. The van der Waals surface area contributed by atoms with Crippen molar-refractivity contribution in [2.75, 3.05) is 18.6 Å². The Morgan fingerprint density at radius 2 is 1.97 bits per heavy atom. The van der Waals surface area contributed by atoms with Crippen molar-refractivity contribution >= 4 is 42.6 Å². The van der Waals surface area contributed by atoms with Gasteiger partial charge in [0.05, 0.1) is 34.5 Å². The summed E-state index contributed by atoms with van der Waals surface area (Å²) in [6.45, 7) is 2.38. The van der Waals surface area contributed by atoms with Gasteiger partial charge in [-0.2, -0.15) is 4.31 Å². The molecule has 2 aromatic carbocycles. The molecule has 1 aliphatic rings. The van der Waals surface area contributed by atoms with Gasteiger partial charge in [0.2, 0.25) is 15.9 Å². The fourth-order valence-electron chi connectivity index (χ4n) is 4.33. The third-order valence-electron chi connectivity index (χ3n) is 6.24. The molecule has 2 aromatic heterocycles. The summed E-state index contributed by atoms with van der Waals surface area (Å²) in [5, 5.41) is 0.494. The van der Waals surface area contributed by atoms with E-state index < -0.39 is 16.1 Å². The predicted octanol–water partition coefficient (Wildman–Crippen LogP) is 4.39. The molecule has 10 heteroatoms. The first-order valence-electron chi connectivity index (χ1n) is 11.6. The molecule has 0 spiro atoms. The summed E-state index contributed by atoms with van der Waals surface area (Å²) >= 11 is 1.38. The number of hydrogen-bond acceptors (Lipinski definition) is 7. The van der Waals surface area contributed by atoms with Crippen molar-refractivity contribution < 1.29 is 17.9 Å². The average molecular weight is 523 g/mol. The number of carbonyl (C=O) groups excluding carboxylic acids is 1. The number of anilines is 1. The first-order valence-corrected chi connectivity index (χ1v) is 13.9. The maximum atomic E-state index is 14.0. The van der Waals surface area contributed by atoms with Gasteiger partial charge in [0.1, 0.15) is 11.8 Å². The molecule has 1 amide bonds. The maximum Gasteiger partial charge on any atom is 0.247 e. The maximum absolute atomic E-state index is 14.0. The minimum absolute atomic E-state index is 0.186. The predicted molar refractivity (Wildman–Crippen MR) is 140 cm³/mol. The molecule has 1 aliphatic heterocycles. The van der Waals surface area contributed by atoms with Gasteiger partial charge < -0.3 is 4.74 Å². The molecule has 186 valence electrons. The molecule has 0 N–H and O–H groups in total. The van der Waals surface area contributed by atoms with Gasteiger partial charge in [-0.1, -0.05) is 35.1 Å². The van der Waals surface area contributed by atoms with Crippen molar-refractivity contribution in [3.63, 3.8) is 0 Å². The van der Waals surface area contributed by atoms with Crippen LogP contribution in [0.1, 0.15) is 24.1 Å². The quantitative estimate of drug-likeness (QED) is 0.357. The highest BCUT2D eigenvalue weighted by molar-refractivity contribution is 7.89. The number of hydrogen-bond donors (Lipinski definition) is 0. The molecule has 0 radical (unpaired) electrons. The van der Waals surface area contributed by atoms with Crippen LogP contribution in [0.5, 0.6) is 5.75 Å². The molecule has 0 bridgehead atoms. The van der Waals surface area contributed by atoms with Crippen LogP contribution >= 0.6 is 11.3 Å². The summed E-state index contributed by atoms with van der Waals surface area (Å²) in [6.07, 6.45) is 2.72. The normalized spacial score (nSPS) is 16.3. The van der Waals surface area contributed by atoms with Crippen molar-refractivity contribution in [1.82, 2.24) is 14.3 Å². The molecule has 36 heavy (non-hydrogen) atoms. The summed E-state index contributed by atoms with van der Waals surface area (Å²) in [4.78, 5) is 24.9. The highest BCUT2D eigenvalue weighted by Crippen LogP contribution is 2.34. The van der Waals surface area contributed by atoms with E-state index in [4.69, 9.17) is 9.72 Å². The monoisotopic (exact) mass is 522 g/mol. The van der Waals surface area contributed by atoms with E-state index in [1.54, 1.807) is 42.5 Å². The first kappa shape index (κ1) is 24.4. The summed E-state index contributed by atoms with van der Waals surface area (Å²) in [6, 6.07) is 17.0. The zero-order valence-corrected chi connectivity index (χ0v) is 21.6. The number of amides is 1. The van der Waals surface area contributed by atoms with E-state index in [0.29, 0.717) is 41.5 Å². The zero-order chi connectivity index (χ0) is 25.3. The Kier molecular flexibility index (Phi) is 6.74. The van der Waals surface area contributed by atoms with Crippen molar-refractivity contribution in [1.29, 1.82) is 0 Å². The lowest BCUT2D eigenvalue weighted by Crippen LogP contribution is -2.47. The summed E-state index contributed by atoms with van der Waals surface area (Å²) in [7, 11) is -2.24. The Labute approximate surface area is 214 Å². The minimum atomic E-state index is -3.84. The Hall–Kier alpha value is -3.34. The summed E-state index contributed by atoms with van der Waals surface area (Å²) < 4.78 is 34.6. The fourth-order valence-corrected chi connectivity index (χ4v) is 6.93. The van der Waals surface area contributed by atoms with Crippen LogP contribution in [0.15, 0.2) is 71.8 Å². The van der Waals surface area contributed by atoms with Crippen LogP contribution in [0.25, 0.3) is 10.2 Å². The second-order valence-electron chi connectivity index (χ2n) is 8.66. The average Bonchev–Trinajstić information content (AvgIpc) is 3.55. The number of aryl methyl sites for hydroxylation is 1. The number of thiazole rings is 1. The molecule has 1 atom stereocenters.